The van der Waals surface area contributed by atoms with E-state index in [0.717, 1.165) is 47.9 Å². The van der Waals surface area contributed by atoms with Crippen molar-refractivity contribution in [1.82, 2.24) is 20.3 Å². The van der Waals surface area contributed by atoms with Crippen LogP contribution in [0.3, 0.4) is 0 Å². The van der Waals surface area contributed by atoms with Crippen molar-refractivity contribution in [3.05, 3.63) is 59.7 Å². The lowest BCUT2D eigenvalue weighted by Gasteiger charge is -2.35. The molecule has 16 heteroatoms. The standard InChI is InChI=1S/C39H47F2N5O8S/c1-38(2,3)32(42-37(50)53-21-22-10-4-5-11-22)35(48)46-20-23(54-44-31-27-14-8-6-12-25(27)26-13-7-9-15-28(26)31)18-30(46)34(47)43-39(19-29(39)33(40)41)36(49)45-55(51,52)24-16-17-24/h6-9,12-15,22-24,29-30,32-33H,4-5,10-11,16-21H2,1-3H3,(H,42,50)(H,43,47)(H,45,49)/t23-,29+,30+,32-,39+/m1/s1. The third-order valence-electron chi connectivity index (χ3n) is 11.4. The first kappa shape index (κ1) is 38.7. The van der Waals surface area contributed by atoms with Gasteiger partial charge in [0.2, 0.25) is 28.3 Å². The molecule has 0 bridgehead atoms. The maximum Gasteiger partial charge on any atom is 0.407 e. The second-order valence-electron chi connectivity index (χ2n) is 16.5. The SMILES string of the molecule is CC(C)(C)[C@H](NC(=O)OCC1CCCC1)C(=O)N1C[C@H](ON=C2c3ccccc3-c3ccccc32)C[C@H]1C(=O)N[C@@]1(C(=O)NS(=O)(=O)C2CC2)C[C@H]1C(F)F. The van der Waals surface area contributed by atoms with Gasteiger partial charge in [0.1, 0.15) is 29.4 Å². The van der Waals surface area contributed by atoms with Crippen molar-refractivity contribution in [3.63, 3.8) is 0 Å². The first-order valence-corrected chi connectivity index (χ1v) is 20.5. The summed E-state index contributed by atoms with van der Waals surface area (Å²) in [4.78, 5) is 62.4. The Morgan fingerprint density at radius 2 is 1.55 bits per heavy atom. The predicted octanol–water partition coefficient (Wildman–Crippen LogP) is 4.49. The number of alkyl carbamates (subject to hydrolysis) is 1. The fraction of sp³-hybridized carbons (Fsp3) is 0.564. The molecular weight excluding hydrogens is 737 g/mol. The quantitative estimate of drug-likeness (QED) is 0.226. The van der Waals surface area contributed by atoms with Crippen molar-refractivity contribution in [2.24, 2.45) is 22.4 Å². The van der Waals surface area contributed by atoms with E-state index >= 15 is 0 Å². The number of hydrogen-bond donors (Lipinski definition) is 3. The molecule has 55 heavy (non-hydrogen) atoms. The van der Waals surface area contributed by atoms with Gasteiger partial charge in [-0.05, 0) is 54.6 Å². The summed E-state index contributed by atoms with van der Waals surface area (Å²) in [5, 5.41) is 8.83. The Labute approximate surface area is 319 Å². The molecule has 0 spiro atoms. The Balaban J connectivity index is 1.15. The average Bonchev–Trinajstić information content (AvgIpc) is 3.98. The number of hydrogen-bond acceptors (Lipinski definition) is 9. The van der Waals surface area contributed by atoms with Crippen LogP contribution in [0.4, 0.5) is 13.6 Å². The van der Waals surface area contributed by atoms with Crippen molar-refractivity contribution in [2.45, 2.75) is 108 Å². The number of sulfonamides is 1. The molecule has 1 aliphatic heterocycles. The maximum atomic E-state index is 14.5. The number of ether oxygens (including phenoxy) is 1. The second-order valence-corrected chi connectivity index (χ2v) is 18.4. The highest BCUT2D eigenvalue weighted by molar-refractivity contribution is 7.91. The molecular formula is C39H47F2N5O8S. The number of alkyl halides is 2. The van der Waals surface area contributed by atoms with Crippen LogP contribution in [0.5, 0.6) is 0 Å². The minimum atomic E-state index is -4.12. The van der Waals surface area contributed by atoms with Crippen molar-refractivity contribution >= 4 is 39.5 Å². The summed E-state index contributed by atoms with van der Waals surface area (Å²) in [6.07, 6.45) is -0.655. The zero-order chi connectivity index (χ0) is 39.3. The van der Waals surface area contributed by atoms with E-state index in [0.29, 0.717) is 18.6 Å². The van der Waals surface area contributed by atoms with Gasteiger partial charge in [-0.3, -0.25) is 19.1 Å². The highest BCUT2D eigenvalue weighted by atomic mass is 32.2. The number of halogens is 2. The molecule has 13 nitrogen and oxygen atoms in total. The van der Waals surface area contributed by atoms with Crippen LogP contribution >= 0.6 is 0 Å². The molecule has 4 amide bonds. The number of carbonyl (C=O) groups excluding carboxylic acids is 4. The minimum Gasteiger partial charge on any atom is -0.449 e. The molecule has 7 rings (SSSR count). The van der Waals surface area contributed by atoms with E-state index < -0.39 is 87.0 Å². The smallest absolute Gasteiger partial charge is 0.407 e. The van der Waals surface area contributed by atoms with Gasteiger partial charge in [0.25, 0.3) is 5.91 Å². The van der Waals surface area contributed by atoms with Gasteiger partial charge in [-0.15, -0.1) is 0 Å². The summed E-state index contributed by atoms with van der Waals surface area (Å²) in [5.41, 5.74) is 1.06. The Morgan fingerprint density at radius 3 is 2.09 bits per heavy atom. The fourth-order valence-electron chi connectivity index (χ4n) is 7.97. The number of nitrogens with zero attached hydrogens (tertiary/aromatic N) is 2. The molecule has 3 N–H and O–H groups in total. The van der Waals surface area contributed by atoms with E-state index in [1.807, 2.05) is 53.3 Å². The maximum absolute atomic E-state index is 14.5. The number of likely N-dealkylation sites (tertiary alicyclic amines) is 1. The zero-order valence-electron chi connectivity index (χ0n) is 31.1. The molecule has 5 aliphatic rings. The normalized spacial score (nSPS) is 25.2. The monoisotopic (exact) mass is 783 g/mol. The third-order valence-corrected chi connectivity index (χ3v) is 13.2. The highest BCUT2D eigenvalue weighted by Gasteiger charge is 2.67. The topological polar surface area (TPSA) is 173 Å². The van der Waals surface area contributed by atoms with Crippen molar-refractivity contribution < 1.29 is 46.0 Å². The van der Waals surface area contributed by atoms with Gasteiger partial charge in [0.05, 0.1) is 24.3 Å². The van der Waals surface area contributed by atoms with Crippen molar-refractivity contribution in [3.8, 4) is 11.1 Å². The van der Waals surface area contributed by atoms with Crippen LogP contribution < -0.4 is 15.4 Å². The van der Waals surface area contributed by atoms with Crippen molar-refractivity contribution in [2.75, 3.05) is 13.2 Å². The van der Waals surface area contributed by atoms with Crippen LogP contribution in [-0.4, -0.2) is 91.4 Å². The van der Waals surface area contributed by atoms with Gasteiger partial charge in [-0.2, -0.15) is 0 Å². The lowest BCUT2D eigenvalue weighted by Crippen LogP contribution is -2.60. The van der Waals surface area contributed by atoms with Gasteiger partial charge >= 0.3 is 6.09 Å². The third kappa shape index (κ3) is 7.92. The van der Waals surface area contributed by atoms with Crippen LogP contribution in [0.15, 0.2) is 53.7 Å². The Kier molecular flexibility index (Phi) is 10.4. The van der Waals surface area contributed by atoms with E-state index in [4.69, 9.17) is 9.57 Å². The van der Waals surface area contributed by atoms with E-state index in [2.05, 4.69) is 15.8 Å². The number of amides is 4. The predicted molar refractivity (Wildman–Crippen MR) is 197 cm³/mol. The number of fused-ring (bicyclic) bond motifs is 3. The molecule has 2 aromatic carbocycles. The Morgan fingerprint density at radius 1 is 0.945 bits per heavy atom. The first-order chi connectivity index (χ1) is 26.1. The van der Waals surface area contributed by atoms with Crippen LogP contribution in [-0.2, 0) is 34.0 Å². The lowest BCUT2D eigenvalue weighted by molar-refractivity contribution is -0.143. The summed E-state index contributed by atoms with van der Waals surface area (Å²) in [5.74, 6) is -4.25. The second kappa shape index (κ2) is 14.8. The molecule has 3 saturated carbocycles. The number of nitrogens with one attached hydrogen (secondary N) is 3. The summed E-state index contributed by atoms with van der Waals surface area (Å²) in [7, 11) is -4.12. The Hall–Kier alpha value is -4.60. The van der Waals surface area contributed by atoms with Crippen LogP contribution in [0.2, 0.25) is 0 Å². The van der Waals surface area contributed by atoms with E-state index in [1.165, 1.54) is 4.90 Å². The minimum absolute atomic E-state index is 0.141. The van der Waals surface area contributed by atoms with Crippen molar-refractivity contribution in [1.29, 1.82) is 0 Å². The molecule has 4 fully saturated rings. The number of oxime groups is 1. The molecule has 0 unspecified atom stereocenters. The summed E-state index contributed by atoms with van der Waals surface area (Å²) >= 11 is 0. The van der Waals surface area contributed by atoms with Gasteiger partial charge in [-0.25, -0.2) is 22.0 Å². The molecule has 0 aromatic heterocycles. The summed E-state index contributed by atoms with van der Waals surface area (Å²) in [6.45, 7) is 5.26. The van der Waals surface area contributed by atoms with Crippen LogP contribution in [0, 0.1) is 17.3 Å². The Bertz CT molecular complexity index is 1950. The largest absolute Gasteiger partial charge is 0.449 e. The van der Waals surface area contributed by atoms with Crippen LogP contribution in [0.25, 0.3) is 11.1 Å². The highest BCUT2D eigenvalue weighted by Crippen LogP contribution is 2.48. The summed E-state index contributed by atoms with van der Waals surface area (Å²) in [6, 6.07) is 12.8. The number of carbonyl (C=O) groups is 4. The molecule has 0 radical (unpaired) electrons. The first-order valence-electron chi connectivity index (χ1n) is 18.9. The van der Waals surface area contributed by atoms with E-state index in [1.54, 1.807) is 20.8 Å². The molecule has 1 heterocycles. The van der Waals surface area contributed by atoms with Gasteiger partial charge in [0, 0.05) is 17.5 Å². The molecule has 2 aromatic rings. The average molecular weight is 784 g/mol. The number of benzene rings is 2. The lowest BCUT2D eigenvalue weighted by atomic mass is 9.85. The van der Waals surface area contributed by atoms with Gasteiger partial charge < -0.3 is 25.1 Å². The molecule has 296 valence electrons. The fourth-order valence-corrected chi connectivity index (χ4v) is 9.33. The van der Waals surface area contributed by atoms with E-state index in [9.17, 15) is 36.4 Å². The van der Waals surface area contributed by atoms with Gasteiger partial charge in [0.15, 0.2) is 0 Å². The van der Waals surface area contributed by atoms with E-state index in [-0.39, 0.29) is 25.5 Å². The van der Waals surface area contributed by atoms with Crippen LogP contribution in [0.1, 0.15) is 83.3 Å². The number of rotatable bonds is 12. The summed E-state index contributed by atoms with van der Waals surface area (Å²) < 4.78 is 60.9. The molecule has 4 aliphatic carbocycles. The molecule has 5 atom stereocenters. The molecule has 1 saturated heterocycles. The zero-order valence-corrected chi connectivity index (χ0v) is 31.9. The van der Waals surface area contributed by atoms with Gasteiger partial charge in [-0.1, -0.05) is 87.3 Å².